The minimum absolute atomic E-state index is 0.347. The van der Waals surface area contributed by atoms with Gasteiger partial charge in [-0.2, -0.15) is 4.98 Å². The lowest BCUT2D eigenvalue weighted by molar-refractivity contribution is 0.621. The molecule has 0 spiro atoms. The van der Waals surface area contributed by atoms with E-state index in [1.807, 2.05) is 31.2 Å². The molecule has 1 atom stereocenters. The van der Waals surface area contributed by atoms with Crippen LogP contribution >= 0.6 is 0 Å². The highest BCUT2D eigenvalue weighted by atomic mass is 15.2. The lowest BCUT2D eigenvalue weighted by Crippen LogP contribution is -2.24. The molecule has 3 N–H and O–H groups in total. The topological polar surface area (TPSA) is 80.0 Å². The van der Waals surface area contributed by atoms with Crippen LogP contribution in [0.4, 0.5) is 17.6 Å². The van der Waals surface area contributed by atoms with E-state index in [9.17, 15) is 0 Å². The maximum absolute atomic E-state index is 5.73. The van der Waals surface area contributed by atoms with Crippen LogP contribution in [-0.4, -0.2) is 34.6 Å². The van der Waals surface area contributed by atoms with Gasteiger partial charge in [0.05, 0.1) is 0 Å². The molecule has 0 aliphatic carbocycles. The number of aryl methyl sites for hydroxylation is 1. The average Bonchev–Trinajstić information content (AvgIpc) is 2.94. The first-order chi connectivity index (χ1) is 10.2. The van der Waals surface area contributed by atoms with E-state index in [4.69, 9.17) is 5.73 Å². The second-order valence-corrected chi connectivity index (χ2v) is 5.42. The van der Waals surface area contributed by atoms with E-state index >= 15 is 0 Å². The molecule has 1 unspecified atom stereocenters. The Kier molecular flexibility index (Phi) is 3.85. The molecule has 6 nitrogen and oxygen atoms in total. The third-order valence-corrected chi connectivity index (χ3v) is 3.70. The standard InChI is InChI=1S/C15H20N6/c1-11-8-14(20-15(16)19-11)21-7-5-12(10-21)9-18-13-4-2-3-6-17-13/h2-4,6,8,12H,5,7,9-10H2,1H3,(H,17,18)(H2,16,19,20). The third-order valence-electron chi connectivity index (χ3n) is 3.70. The Balaban J connectivity index is 1.58. The van der Waals surface area contributed by atoms with Crippen molar-refractivity contribution in [3.63, 3.8) is 0 Å². The van der Waals surface area contributed by atoms with E-state index in [0.717, 1.165) is 43.4 Å². The summed E-state index contributed by atoms with van der Waals surface area (Å²) in [4.78, 5) is 15.0. The fraction of sp³-hybridized carbons (Fsp3) is 0.400. The van der Waals surface area contributed by atoms with Crippen molar-refractivity contribution in [2.75, 3.05) is 35.6 Å². The number of aromatic nitrogens is 3. The van der Waals surface area contributed by atoms with Gasteiger partial charge in [-0.05, 0) is 31.4 Å². The normalized spacial score (nSPS) is 18.0. The highest BCUT2D eigenvalue weighted by Crippen LogP contribution is 2.23. The minimum atomic E-state index is 0.347. The quantitative estimate of drug-likeness (QED) is 0.889. The number of hydrogen-bond acceptors (Lipinski definition) is 6. The van der Waals surface area contributed by atoms with Crippen molar-refractivity contribution >= 4 is 17.6 Å². The molecular weight excluding hydrogens is 264 g/mol. The van der Waals surface area contributed by atoms with Crippen molar-refractivity contribution in [1.29, 1.82) is 0 Å². The smallest absolute Gasteiger partial charge is 0.222 e. The third kappa shape index (κ3) is 3.39. The van der Waals surface area contributed by atoms with Crippen molar-refractivity contribution in [2.45, 2.75) is 13.3 Å². The summed E-state index contributed by atoms with van der Waals surface area (Å²) in [5, 5.41) is 3.39. The summed E-state index contributed by atoms with van der Waals surface area (Å²) in [7, 11) is 0. The van der Waals surface area contributed by atoms with Gasteiger partial charge in [-0.1, -0.05) is 6.07 Å². The molecule has 0 saturated carbocycles. The van der Waals surface area contributed by atoms with Gasteiger partial charge in [0, 0.05) is 37.6 Å². The van der Waals surface area contributed by atoms with Crippen molar-refractivity contribution < 1.29 is 0 Å². The van der Waals surface area contributed by atoms with Gasteiger partial charge < -0.3 is 16.0 Å². The van der Waals surface area contributed by atoms with Crippen LogP contribution in [0.15, 0.2) is 30.5 Å². The molecule has 1 aliphatic heterocycles. The van der Waals surface area contributed by atoms with Crippen LogP contribution in [0.2, 0.25) is 0 Å². The van der Waals surface area contributed by atoms with Gasteiger partial charge in [-0.25, -0.2) is 9.97 Å². The molecule has 6 heteroatoms. The molecule has 110 valence electrons. The number of rotatable bonds is 4. The Morgan fingerprint density at radius 1 is 1.38 bits per heavy atom. The van der Waals surface area contributed by atoms with Crippen LogP contribution in [0.25, 0.3) is 0 Å². The molecule has 21 heavy (non-hydrogen) atoms. The summed E-state index contributed by atoms with van der Waals surface area (Å²) < 4.78 is 0. The van der Waals surface area contributed by atoms with Crippen molar-refractivity contribution in [3.05, 3.63) is 36.2 Å². The van der Waals surface area contributed by atoms with Crippen LogP contribution in [0.1, 0.15) is 12.1 Å². The number of nitrogens with one attached hydrogen (secondary N) is 1. The maximum Gasteiger partial charge on any atom is 0.222 e. The molecule has 0 aromatic carbocycles. The van der Waals surface area contributed by atoms with E-state index in [-0.39, 0.29) is 0 Å². The second kappa shape index (κ2) is 5.95. The first-order valence-corrected chi connectivity index (χ1v) is 7.22. The summed E-state index contributed by atoms with van der Waals surface area (Å²) >= 11 is 0. The first kappa shape index (κ1) is 13.6. The van der Waals surface area contributed by atoms with Gasteiger partial charge in [-0.3, -0.25) is 0 Å². The van der Waals surface area contributed by atoms with Crippen molar-refractivity contribution in [2.24, 2.45) is 5.92 Å². The van der Waals surface area contributed by atoms with Gasteiger partial charge >= 0.3 is 0 Å². The molecule has 0 amide bonds. The van der Waals surface area contributed by atoms with E-state index < -0.39 is 0 Å². The Hall–Kier alpha value is -2.37. The summed E-state index contributed by atoms with van der Waals surface area (Å²) in [6.45, 7) is 4.85. The average molecular weight is 284 g/mol. The number of nitrogens with zero attached hydrogens (tertiary/aromatic N) is 4. The van der Waals surface area contributed by atoms with Gasteiger partial charge in [0.1, 0.15) is 11.6 Å². The lowest BCUT2D eigenvalue weighted by atomic mass is 10.1. The summed E-state index contributed by atoms with van der Waals surface area (Å²) in [6, 6.07) is 7.89. The predicted octanol–water partition coefficient (Wildman–Crippen LogP) is 1.70. The van der Waals surface area contributed by atoms with Crippen molar-refractivity contribution in [3.8, 4) is 0 Å². The molecule has 1 aliphatic rings. The van der Waals surface area contributed by atoms with E-state index in [0.29, 0.717) is 11.9 Å². The molecule has 1 fully saturated rings. The monoisotopic (exact) mass is 284 g/mol. The van der Waals surface area contributed by atoms with Crippen LogP contribution in [0, 0.1) is 12.8 Å². The van der Waals surface area contributed by atoms with Gasteiger partial charge in [0.15, 0.2) is 0 Å². The molecule has 2 aromatic rings. The van der Waals surface area contributed by atoms with Crippen LogP contribution in [0.5, 0.6) is 0 Å². The minimum Gasteiger partial charge on any atom is -0.370 e. The molecule has 2 aromatic heterocycles. The van der Waals surface area contributed by atoms with Crippen LogP contribution in [0.3, 0.4) is 0 Å². The number of nitrogens with two attached hydrogens (primary N) is 1. The van der Waals surface area contributed by atoms with Crippen LogP contribution in [-0.2, 0) is 0 Å². The molecule has 0 radical (unpaired) electrons. The zero-order valence-corrected chi connectivity index (χ0v) is 12.2. The maximum atomic E-state index is 5.73. The number of hydrogen-bond donors (Lipinski definition) is 2. The number of nitrogen functional groups attached to an aromatic ring is 1. The molecule has 0 bridgehead atoms. The Morgan fingerprint density at radius 3 is 3.05 bits per heavy atom. The largest absolute Gasteiger partial charge is 0.370 e. The lowest BCUT2D eigenvalue weighted by Gasteiger charge is -2.18. The van der Waals surface area contributed by atoms with Gasteiger partial charge in [0.25, 0.3) is 0 Å². The van der Waals surface area contributed by atoms with E-state index in [2.05, 4.69) is 25.2 Å². The molecule has 1 saturated heterocycles. The van der Waals surface area contributed by atoms with Crippen LogP contribution < -0.4 is 16.0 Å². The first-order valence-electron chi connectivity index (χ1n) is 7.22. The van der Waals surface area contributed by atoms with Crippen molar-refractivity contribution in [1.82, 2.24) is 15.0 Å². The summed E-state index contributed by atoms with van der Waals surface area (Å²) in [5.74, 6) is 2.79. The van der Waals surface area contributed by atoms with E-state index in [1.165, 1.54) is 0 Å². The number of pyridine rings is 1. The Morgan fingerprint density at radius 2 is 2.29 bits per heavy atom. The fourth-order valence-corrected chi connectivity index (χ4v) is 2.66. The van der Waals surface area contributed by atoms with E-state index in [1.54, 1.807) is 6.20 Å². The Bertz CT molecular complexity index is 580. The molecular formula is C15H20N6. The van der Waals surface area contributed by atoms with Gasteiger partial charge in [-0.15, -0.1) is 0 Å². The second-order valence-electron chi connectivity index (χ2n) is 5.42. The predicted molar refractivity (Wildman–Crippen MR) is 84.2 cm³/mol. The van der Waals surface area contributed by atoms with Gasteiger partial charge in [0.2, 0.25) is 5.95 Å². The highest BCUT2D eigenvalue weighted by Gasteiger charge is 2.23. The SMILES string of the molecule is Cc1cc(N2CCC(CNc3ccccn3)C2)nc(N)n1. The molecule has 3 heterocycles. The number of anilines is 3. The fourth-order valence-electron chi connectivity index (χ4n) is 2.66. The zero-order valence-electron chi connectivity index (χ0n) is 12.2. The summed E-state index contributed by atoms with van der Waals surface area (Å²) in [6.07, 6.45) is 2.94. The summed E-state index contributed by atoms with van der Waals surface area (Å²) in [5.41, 5.74) is 6.64. The Labute approximate surface area is 124 Å². The zero-order chi connectivity index (χ0) is 14.7. The highest BCUT2D eigenvalue weighted by molar-refractivity contribution is 5.44. The molecule has 3 rings (SSSR count).